The quantitative estimate of drug-likeness (QED) is 0.474. The van der Waals surface area contributed by atoms with Crippen LogP contribution in [0.3, 0.4) is 0 Å². The molecule has 1 saturated heterocycles. The van der Waals surface area contributed by atoms with Crippen LogP contribution in [-0.2, 0) is 9.53 Å². The van der Waals surface area contributed by atoms with Crippen LogP contribution in [0.25, 0.3) is 6.08 Å². The van der Waals surface area contributed by atoms with Crippen molar-refractivity contribution < 1.29 is 14.3 Å². The summed E-state index contributed by atoms with van der Waals surface area (Å²) in [6.07, 6.45) is 0.974. The van der Waals surface area contributed by atoms with Crippen molar-refractivity contribution in [3.63, 3.8) is 0 Å². The molecule has 3 aromatic rings. The van der Waals surface area contributed by atoms with Crippen molar-refractivity contribution in [2.45, 2.75) is 20.8 Å². The maximum absolute atomic E-state index is 12.3. The van der Waals surface area contributed by atoms with Crippen LogP contribution in [0.4, 0.5) is 21.9 Å². The summed E-state index contributed by atoms with van der Waals surface area (Å²) in [5, 5.41) is 0. The van der Waals surface area contributed by atoms with E-state index in [2.05, 4.69) is 67.3 Å². The zero-order valence-electron chi connectivity index (χ0n) is 17.8. The number of likely N-dealkylation sites (N-methyl/N-ethyl adjacent to an activating group) is 1. The number of carbonyl (C=O) groups excluding carboxylic acids is 2. The van der Waals surface area contributed by atoms with Crippen LogP contribution < -0.4 is 4.90 Å². The van der Waals surface area contributed by atoms with E-state index in [-0.39, 0.29) is 12.3 Å². The number of aryl methyl sites for hydroxylation is 2. The molecule has 0 unspecified atom stereocenters. The Morgan fingerprint density at radius 3 is 1.65 bits per heavy atom. The Labute approximate surface area is 182 Å². The van der Waals surface area contributed by atoms with E-state index in [1.807, 2.05) is 24.3 Å². The van der Waals surface area contributed by atoms with E-state index >= 15 is 0 Å². The minimum absolute atomic E-state index is 0.0496. The summed E-state index contributed by atoms with van der Waals surface area (Å²) in [4.78, 5) is 27.3. The molecule has 0 bridgehead atoms. The van der Waals surface area contributed by atoms with E-state index in [0.717, 1.165) is 27.5 Å². The second kappa shape index (κ2) is 8.48. The highest BCUT2D eigenvalue weighted by molar-refractivity contribution is 6.09. The van der Waals surface area contributed by atoms with Crippen LogP contribution >= 0.6 is 0 Å². The molecule has 3 aromatic carbocycles. The van der Waals surface area contributed by atoms with Gasteiger partial charge in [-0.3, -0.25) is 4.79 Å². The van der Waals surface area contributed by atoms with Crippen molar-refractivity contribution in [3.05, 3.63) is 95.2 Å². The average Bonchev–Trinajstić information content (AvgIpc) is 3.04. The highest BCUT2D eigenvalue weighted by atomic mass is 16.6. The van der Waals surface area contributed by atoms with Gasteiger partial charge in [-0.2, -0.15) is 0 Å². The topological polar surface area (TPSA) is 49.9 Å². The van der Waals surface area contributed by atoms with Gasteiger partial charge in [-0.05, 0) is 68.8 Å². The third-order valence-electron chi connectivity index (χ3n) is 5.22. The lowest BCUT2D eigenvalue weighted by Gasteiger charge is -2.25. The Bertz CT molecular complexity index is 1090. The molecule has 1 aliphatic rings. The number of imide groups is 1. The van der Waals surface area contributed by atoms with Crippen molar-refractivity contribution in [2.24, 2.45) is 0 Å². The summed E-state index contributed by atoms with van der Waals surface area (Å²) in [6.45, 7) is 6.16. The fraction of sp³-hybridized carbons (Fsp3) is 0.154. The summed E-state index contributed by atoms with van der Waals surface area (Å²) in [7, 11) is 0. The molecular weight excluding hydrogens is 388 g/mol. The molecule has 1 fully saturated rings. The third kappa shape index (κ3) is 4.21. The summed E-state index contributed by atoms with van der Waals surface area (Å²) < 4.78 is 5.11. The second-order valence-corrected chi connectivity index (χ2v) is 7.52. The lowest BCUT2D eigenvalue weighted by molar-refractivity contribution is -0.123. The molecule has 5 heteroatoms. The zero-order valence-corrected chi connectivity index (χ0v) is 17.8. The van der Waals surface area contributed by atoms with Crippen LogP contribution in [0, 0.1) is 13.8 Å². The van der Waals surface area contributed by atoms with Crippen molar-refractivity contribution >= 4 is 35.1 Å². The predicted octanol–water partition coefficient (Wildman–Crippen LogP) is 6.11. The lowest BCUT2D eigenvalue weighted by Crippen LogP contribution is -2.28. The van der Waals surface area contributed by atoms with Gasteiger partial charge in [-0.1, -0.05) is 47.5 Å². The molecule has 5 nitrogen and oxygen atoms in total. The van der Waals surface area contributed by atoms with Crippen LogP contribution in [-0.4, -0.2) is 23.4 Å². The number of benzene rings is 3. The number of carbonyl (C=O) groups is 2. The molecule has 0 N–H and O–H groups in total. The van der Waals surface area contributed by atoms with Crippen molar-refractivity contribution in [3.8, 4) is 0 Å². The molecule has 0 aromatic heterocycles. The molecule has 4 rings (SSSR count). The highest BCUT2D eigenvalue weighted by Crippen LogP contribution is 2.35. The van der Waals surface area contributed by atoms with Gasteiger partial charge in [0.2, 0.25) is 0 Å². The van der Waals surface area contributed by atoms with Crippen LogP contribution in [0.5, 0.6) is 0 Å². The SMILES string of the molecule is CCN1C(=O)OC(=Cc2ccc(N(c3ccc(C)cc3)c3ccc(C)cc3)cc2)C1=O. The molecule has 1 aliphatic heterocycles. The Balaban J connectivity index is 1.68. The first-order valence-electron chi connectivity index (χ1n) is 10.2. The van der Waals surface area contributed by atoms with Gasteiger partial charge in [0.05, 0.1) is 0 Å². The van der Waals surface area contributed by atoms with Gasteiger partial charge in [-0.25, -0.2) is 9.69 Å². The van der Waals surface area contributed by atoms with E-state index in [4.69, 9.17) is 4.74 Å². The maximum atomic E-state index is 12.3. The number of hydrogen-bond acceptors (Lipinski definition) is 4. The van der Waals surface area contributed by atoms with Crippen molar-refractivity contribution in [2.75, 3.05) is 11.4 Å². The normalized spacial score (nSPS) is 14.8. The first-order valence-corrected chi connectivity index (χ1v) is 10.2. The number of ether oxygens (including phenoxy) is 1. The molecule has 31 heavy (non-hydrogen) atoms. The number of rotatable bonds is 5. The van der Waals surface area contributed by atoms with Crippen LogP contribution in [0.15, 0.2) is 78.6 Å². The van der Waals surface area contributed by atoms with Gasteiger partial charge < -0.3 is 9.64 Å². The minimum atomic E-state index is -0.625. The van der Waals surface area contributed by atoms with E-state index in [0.29, 0.717) is 0 Å². The zero-order chi connectivity index (χ0) is 22.0. The molecule has 0 atom stereocenters. The Morgan fingerprint density at radius 1 is 0.774 bits per heavy atom. The van der Waals surface area contributed by atoms with Crippen LogP contribution in [0.2, 0.25) is 0 Å². The number of amides is 2. The molecule has 0 spiro atoms. The standard InChI is InChI=1S/C26H24N2O3/c1-4-27-25(29)24(31-26(27)30)17-20-9-15-23(16-10-20)28(21-11-5-18(2)6-12-21)22-13-7-19(3)8-14-22/h5-17H,4H2,1-3H3. The largest absolute Gasteiger partial charge is 0.422 e. The third-order valence-corrected chi connectivity index (χ3v) is 5.22. The van der Waals surface area contributed by atoms with Crippen molar-refractivity contribution in [1.29, 1.82) is 0 Å². The molecule has 0 saturated carbocycles. The monoisotopic (exact) mass is 412 g/mol. The maximum Gasteiger partial charge on any atom is 0.422 e. The minimum Gasteiger partial charge on any atom is -0.404 e. The summed E-state index contributed by atoms with van der Waals surface area (Å²) in [6, 6.07) is 24.6. The van der Waals surface area contributed by atoms with Crippen LogP contribution in [0.1, 0.15) is 23.6 Å². The first-order chi connectivity index (χ1) is 15.0. The lowest BCUT2D eigenvalue weighted by atomic mass is 10.1. The molecule has 2 amide bonds. The summed E-state index contributed by atoms with van der Waals surface area (Å²) in [5.41, 5.74) is 6.28. The fourth-order valence-electron chi connectivity index (χ4n) is 3.48. The van der Waals surface area contributed by atoms with Gasteiger partial charge in [0, 0.05) is 23.6 Å². The highest BCUT2D eigenvalue weighted by Gasteiger charge is 2.35. The van der Waals surface area contributed by atoms with E-state index in [9.17, 15) is 9.59 Å². The number of cyclic esters (lactones) is 1. The Morgan fingerprint density at radius 2 is 1.23 bits per heavy atom. The molecule has 156 valence electrons. The average molecular weight is 412 g/mol. The van der Waals surface area contributed by atoms with E-state index in [1.54, 1.807) is 13.0 Å². The smallest absolute Gasteiger partial charge is 0.404 e. The Hall–Kier alpha value is -3.86. The van der Waals surface area contributed by atoms with E-state index < -0.39 is 12.0 Å². The second-order valence-electron chi connectivity index (χ2n) is 7.52. The molecule has 0 aliphatic carbocycles. The molecule has 1 heterocycles. The van der Waals surface area contributed by atoms with Crippen molar-refractivity contribution in [1.82, 2.24) is 4.90 Å². The van der Waals surface area contributed by atoms with Gasteiger partial charge in [-0.15, -0.1) is 0 Å². The fourth-order valence-corrected chi connectivity index (χ4v) is 3.48. The summed E-state index contributed by atoms with van der Waals surface area (Å²) in [5.74, 6) is -0.356. The number of nitrogens with zero attached hydrogens (tertiary/aromatic N) is 2. The van der Waals surface area contributed by atoms with Gasteiger partial charge in [0.1, 0.15) is 0 Å². The predicted molar refractivity (Wildman–Crippen MR) is 122 cm³/mol. The van der Waals surface area contributed by atoms with Gasteiger partial charge >= 0.3 is 6.09 Å². The Kier molecular flexibility index (Phi) is 5.58. The van der Waals surface area contributed by atoms with Gasteiger partial charge in [0.25, 0.3) is 5.91 Å². The molecule has 0 radical (unpaired) electrons. The van der Waals surface area contributed by atoms with Gasteiger partial charge in [0.15, 0.2) is 5.76 Å². The first kappa shape index (κ1) is 20.4. The number of hydrogen-bond donors (Lipinski definition) is 0. The number of anilines is 3. The van der Waals surface area contributed by atoms with E-state index in [1.165, 1.54) is 11.1 Å². The molecular formula is C26H24N2O3. The summed E-state index contributed by atoms with van der Waals surface area (Å²) >= 11 is 0.